The molecule has 0 saturated carbocycles. The van der Waals surface area contributed by atoms with E-state index < -0.39 is 43.3 Å². The van der Waals surface area contributed by atoms with Crippen LogP contribution in [0.1, 0.15) is 63.5 Å². The third-order valence-electron chi connectivity index (χ3n) is 6.02. The zero-order valence-corrected chi connectivity index (χ0v) is 29.9. The predicted molar refractivity (Wildman–Crippen MR) is 174 cm³/mol. The molecule has 0 aromatic heterocycles. The monoisotopic (exact) mass is 730 g/mol. The molecule has 2 aliphatic rings. The van der Waals surface area contributed by atoms with E-state index in [-0.39, 0.29) is 70.3 Å². The van der Waals surface area contributed by atoms with Crippen molar-refractivity contribution in [2.45, 2.75) is 65.2 Å². The fourth-order valence-electron chi connectivity index (χ4n) is 3.51. The van der Waals surface area contributed by atoms with E-state index in [0.29, 0.717) is 12.8 Å². The van der Waals surface area contributed by atoms with E-state index in [1.165, 1.54) is 12.1 Å². The number of benzene rings is 2. The minimum absolute atomic E-state index is 0. The van der Waals surface area contributed by atoms with Crippen LogP contribution in [-0.2, 0) is 54.6 Å². The van der Waals surface area contributed by atoms with Crippen molar-refractivity contribution in [1.29, 1.82) is 0 Å². The molecule has 0 saturated heterocycles. The molecule has 0 fully saturated rings. The van der Waals surface area contributed by atoms with Gasteiger partial charge in [0.15, 0.2) is 0 Å². The maximum atomic E-state index is 13.2. The molecule has 2 aromatic carbocycles. The quantitative estimate of drug-likeness (QED) is 0.129. The van der Waals surface area contributed by atoms with Gasteiger partial charge in [0.05, 0.1) is 11.5 Å². The molecule has 2 aromatic rings. The van der Waals surface area contributed by atoms with Gasteiger partial charge in [-0.2, -0.15) is 24.3 Å². The summed E-state index contributed by atoms with van der Waals surface area (Å²) in [6, 6.07) is 8.61. The van der Waals surface area contributed by atoms with Gasteiger partial charge in [0.2, 0.25) is 20.0 Å². The molecule has 0 radical (unpaired) electrons. The summed E-state index contributed by atoms with van der Waals surface area (Å²) in [6.45, 7) is 4.00. The molecule has 0 heterocycles. The van der Waals surface area contributed by atoms with Crippen LogP contribution in [0.5, 0.6) is 0 Å². The molecule has 6 nitrogen and oxygen atoms in total. The number of nitrogens with one attached hydrogen (secondary N) is 2. The van der Waals surface area contributed by atoms with E-state index in [1.54, 1.807) is 0 Å². The van der Waals surface area contributed by atoms with Crippen LogP contribution < -0.4 is 9.44 Å². The van der Waals surface area contributed by atoms with Gasteiger partial charge in [0.1, 0.15) is 0 Å². The van der Waals surface area contributed by atoms with Crippen LogP contribution in [0.25, 0.3) is 0 Å². The second-order valence-corrected chi connectivity index (χ2v) is 13.8. The molecule has 47 heavy (non-hydrogen) atoms. The van der Waals surface area contributed by atoms with E-state index in [1.807, 2.05) is 50.3 Å². The van der Waals surface area contributed by atoms with Crippen molar-refractivity contribution >= 4 is 20.0 Å². The fraction of sp³-hybridized carbons (Fsp3) is 0.412. The van der Waals surface area contributed by atoms with Gasteiger partial charge >= 0.3 is 21.7 Å². The molecule has 0 spiro atoms. The molecule has 0 atom stereocenters. The van der Waals surface area contributed by atoms with Crippen molar-refractivity contribution in [3.05, 3.63) is 119 Å². The predicted octanol–water partition coefficient (Wildman–Crippen LogP) is 6.66. The van der Waals surface area contributed by atoms with Crippen LogP contribution in [0, 0.1) is 47.6 Å². The zero-order valence-electron chi connectivity index (χ0n) is 26.7. The smallest absolute Gasteiger partial charge is 0.273 e. The topological polar surface area (TPSA) is 92.3 Å². The number of rotatable bonds is 14. The Hall–Kier alpha value is -2.35. The Kier molecular flexibility index (Phi) is 24.4. The fourth-order valence-corrected chi connectivity index (χ4v) is 5.96. The van der Waals surface area contributed by atoms with Gasteiger partial charge in [-0.3, -0.25) is 12.2 Å². The average Bonchev–Trinajstić information content (AvgIpc) is 3.78. The van der Waals surface area contributed by atoms with Crippen LogP contribution in [0.2, 0.25) is 0 Å². The van der Waals surface area contributed by atoms with Gasteiger partial charge in [0.25, 0.3) is 0 Å². The number of hydrogen-bond donors (Lipinski definition) is 2. The summed E-state index contributed by atoms with van der Waals surface area (Å²) >= 11 is 0. The Labute approximate surface area is 293 Å². The molecular formula is C34H42F4N2O4S2Ti. The summed E-state index contributed by atoms with van der Waals surface area (Å²) in [4.78, 5) is 0. The first-order chi connectivity index (χ1) is 21.9. The van der Waals surface area contributed by atoms with E-state index in [2.05, 4.69) is 33.7 Å². The number of unbranched alkanes of at least 4 members (excludes halogenated alkanes) is 2. The molecule has 0 amide bonds. The summed E-state index contributed by atoms with van der Waals surface area (Å²) in [7, 11) is -6.58. The van der Waals surface area contributed by atoms with Crippen LogP contribution in [-0.4, -0.2) is 41.4 Å². The maximum Gasteiger partial charge on any atom is 4.00 e. The molecule has 2 N–H and O–H groups in total. The number of allylic oxidation sites excluding steroid dienone is 8. The van der Waals surface area contributed by atoms with Crippen molar-refractivity contribution in [1.82, 2.24) is 9.44 Å². The van der Waals surface area contributed by atoms with Crippen molar-refractivity contribution < 1.29 is 56.1 Å². The maximum absolute atomic E-state index is 13.2. The summed E-state index contributed by atoms with van der Waals surface area (Å²) in [5.41, 5.74) is 0.490. The minimum atomic E-state index is -3.29. The SMILES string of the molecule is CCCCS(=O)(=O)NCCc1ccc(F)[c-]c1F.CCCCS(=O)(=O)NCCc1ccc(F)[c-]c1F.[C-]1=CC=CC1.[C-]1=CC=CC1.[Ti+4]. The van der Waals surface area contributed by atoms with Crippen LogP contribution in [0.3, 0.4) is 0 Å². The molecule has 4 rings (SSSR count). The average molecular weight is 731 g/mol. The van der Waals surface area contributed by atoms with Gasteiger partial charge < -0.3 is 0 Å². The standard InChI is InChI=1S/2C12H16F2NO2S.2C5H5.Ti/c2*1-2-3-8-18(16,17)15-7-6-10-4-5-11(13)9-12(10)14;2*1-2-4-5-3-1;/h2*4-5,15H,2-3,6-8H2,1H3;2*1-3H,4H2;/q4*-1;+4. The van der Waals surface area contributed by atoms with E-state index in [0.717, 1.165) is 37.8 Å². The Bertz CT molecular complexity index is 1380. The molecule has 0 bridgehead atoms. The third-order valence-corrected chi connectivity index (χ3v) is 8.96. The molecule has 256 valence electrons. The minimum Gasteiger partial charge on any atom is -0.273 e. The zero-order chi connectivity index (χ0) is 34.3. The van der Waals surface area contributed by atoms with E-state index in [4.69, 9.17) is 0 Å². The van der Waals surface area contributed by atoms with Gasteiger partial charge in [-0.15, -0.1) is 48.2 Å². The summed E-state index contributed by atoms with van der Waals surface area (Å²) < 4.78 is 102. The van der Waals surface area contributed by atoms with Gasteiger partial charge in [0, 0.05) is 36.4 Å². The number of sulfonamides is 2. The number of hydrogen-bond acceptors (Lipinski definition) is 4. The van der Waals surface area contributed by atoms with E-state index in [9.17, 15) is 34.4 Å². The first-order valence-electron chi connectivity index (χ1n) is 15.0. The Morgan fingerprint density at radius 1 is 0.660 bits per heavy atom. The van der Waals surface area contributed by atoms with Gasteiger partial charge in [-0.1, -0.05) is 39.5 Å². The Morgan fingerprint density at radius 3 is 1.30 bits per heavy atom. The largest absolute Gasteiger partial charge is 4.00 e. The molecule has 0 aliphatic heterocycles. The molecular weight excluding hydrogens is 688 g/mol. The first kappa shape index (κ1) is 44.7. The number of halogens is 4. The van der Waals surface area contributed by atoms with Gasteiger partial charge in [-0.25, -0.2) is 68.1 Å². The normalized spacial score (nSPS) is 12.7. The van der Waals surface area contributed by atoms with Crippen molar-refractivity contribution in [3.8, 4) is 0 Å². The van der Waals surface area contributed by atoms with Crippen molar-refractivity contribution in [3.63, 3.8) is 0 Å². The summed E-state index contributed by atoms with van der Waals surface area (Å²) in [5.74, 6) is -2.94. The Balaban J connectivity index is 0.000000681. The first-order valence-corrected chi connectivity index (χ1v) is 18.3. The Morgan fingerprint density at radius 2 is 1.04 bits per heavy atom. The second-order valence-electron chi connectivity index (χ2n) is 9.93. The van der Waals surface area contributed by atoms with Crippen LogP contribution in [0.4, 0.5) is 17.6 Å². The molecule has 13 heteroatoms. The van der Waals surface area contributed by atoms with Crippen molar-refractivity contribution in [2.24, 2.45) is 0 Å². The van der Waals surface area contributed by atoms with Gasteiger partial charge in [-0.05, 0) is 12.8 Å². The summed E-state index contributed by atoms with van der Waals surface area (Å²) in [6.07, 6.45) is 23.1. The summed E-state index contributed by atoms with van der Waals surface area (Å²) in [5, 5.41) is 0. The van der Waals surface area contributed by atoms with Crippen LogP contribution in [0.15, 0.2) is 60.7 Å². The molecule has 2 aliphatic carbocycles. The van der Waals surface area contributed by atoms with Crippen LogP contribution >= 0.6 is 0 Å². The third kappa shape index (κ3) is 22.8. The van der Waals surface area contributed by atoms with E-state index >= 15 is 0 Å². The second kappa shape index (κ2) is 25.6. The molecule has 0 unspecified atom stereocenters. The van der Waals surface area contributed by atoms with Crippen molar-refractivity contribution in [2.75, 3.05) is 24.6 Å².